The van der Waals surface area contributed by atoms with E-state index in [-0.39, 0.29) is 5.91 Å². The predicted octanol–water partition coefficient (Wildman–Crippen LogP) is 3.17. The number of aryl methyl sites for hydroxylation is 1. The van der Waals surface area contributed by atoms with Crippen molar-refractivity contribution in [1.82, 2.24) is 14.9 Å². The van der Waals surface area contributed by atoms with E-state index in [9.17, 15) is 4.79 Å². The Morgan fingerprint density at radius 2 is 1.85 bits per heavy atom. The second-order valence-corrected chi connectivity index (χ2v) is 6.26. The van der Waals surface area contributed by atoms with Crippen LogP contribution in [0.2, 0.25) is 0 Å². The molecule has 7 nitrogen and oxygen atoms in total. The third kappa shape index (κ3) is 4.04. The Labute approximate surface area is 153 Å². The van der Waals surface area contributed by atoms with Crippen molar-refractivity contribution < 1.29 is 14.3 Å². The first-order valence-electron chi connectivity index (χ1n) is 8.74. The van der Waals surface area contributed by atoms with Crippen LogP contribution in [-0.2, 0) is 0 Å². The number of rotatable bonds is 5. The Kier molecular flexibility index (Phi) is 5.55. The van der Waals surface area contributed by atoms with Crippen LogP contribution in [0.25, 0.3) is 0 Å². The lowest BCUT2D eigenvalue weighted by Gasteiger charge is -2.26. The number of anilines is 2. The van der Waals surface area contributed by atoms with Gasteiger partial charge in [-0.1, -0.05) is 0 Å². The van der Waals surface area contributed by atoms with E-state index in [1.807, 2.05) is 24.0 Å². The Morgan fingerprint density at radius 3 is 2.54 bits per heavy atom. The van der Waals surface area contributed by atoms with E-state index in [0.29, 0.717) is 28.8 Å². The van der Waals surface area contributed by atoms with Crippen LogP contribution in [0.1, 0.15) is 35.4 Å². The minimum Gasteiger partial charge on any atom is -0.497 e. The number of aromatic nitrogens is 2. The number of carbonyl (C=O) groups is 1. The maximum absolute atomic E-state index is 12.7. The first kappa shape index (κ1) is 18.0. The molecule has 1 aliphatic rings. The van der Waals surface area contributed by atoms with Crippen molar-refractivity contribution in [3.8, 4) is 11.5 Å². The minimum atomic E-state index is -0.0417. The van der Waals surface area contributed by atoms with E-state index < -0.39 is 0 Å². The SMILES string of the molecule is COc1ccc(Nc2nc(C)cc(C(=O)N3CCCCC3)n2)c(OC)c1. The topological polar surface area (TPSA) is 76.6 Å². The fourth-order valence-corrected chi connectivity index (χ4v) is 3.02. The van der Waals surface area contributed by atoms with Gasteiger partial charge in [-0.25, -0.2) is 9.97 Å². The van der Waals surface area contributed by atoms with E-state index in [1.165, 1.54) is 6.42 Å². The van der Waals surface area contributed by atoms with Gasteiger partial charge in [-0.15, -0.1) is 0 Å². The van der Waals surface area contributed by atoms with Crippen molar-refractivity contribution in [2.75, 3.05) is 32.6 Å². The largest absolute Gasteiger partial charge is 0.497 e. The molecule has 0 aliphatic carbocycles. The van der Waals surface area contributed by atoms with Crippen molar-refractivity contribution in [1.29, 1.82) is 0 Å². The van der Waals surface area contributed by atoms with Crippen LogP contribution in [0.4, 0.5) is 11.6 Å². The van der Waals surface area contributed by atoms with Crippen LogP contribution < -0.4 is 14.8 Å². The number of benzene rings is 1. The summed E-state index contributed by atoms with van der Waals surface area (Å²) in [6.07, 6.45) is 3.27. The summed E-state index contributed by atoms with van der Waals surface area (Å²) in [5.41, 5.74) is 1.85. The first-order valence-corrected chi connectivity index (χ1v) is 8.74. The van der Waals surface area contributed by atoms with Gasteiger partial charge in [-0.2, -0.15) is 0 Å². The zero-order valence-electron chi connectivity index (χ0n) is 15.4. The lowest BCUT2D eigenvalue weighted by molar-refractivity contribution is 0.0718. The number of hydrogen-bond acceptors (Lipinski definition) is 6. The molecule has 0 saturated carbocycles. The van der Waals surface area contributed by atoms with Gasteiger partial charge in [-0.3, -0.25) is 4.79 Å². The molecular formula is C19H24N4O3. The standard InChI is InChI=1S/C19H24N4O3/c1-13-11-16(18(24)23-9-5-4-6-10-23)22-19(20-13)21-15-8-7-14(25-2)12-17(15)26-3/h7-8,11-12H,4-6,9-10H2,1-3H3,(H,20,21,22). The highest BCUT2D eigenvalue weighted by Crippen LogP contribution is 2.30. The summed E-state index contributed by atoms with van der Waals surface area (Å²) < 4.78 is 10.6. The number of ether oxygens (including phenoxy) is 2. The quantitative estimate of drug-likeness (QED) is 0.887. The van der Waals surface area contributed by atoms with Crippen LogP contribution in [0.5, 0.6) is 11.5 Å². The predicted molar refractivity (Wildman–Crippen MR) is 99.4 cm³/mol. The number of nitrogens with zero attached hydrogens (tertiary/aromatic N) is 3. The summed E-state index contributed by atoms with van der Waals surface area (Å²) in [5.74, 6) is 1.63. The third-order valence-electron chi connectivity index (χ3n) is 4.37. The number of amides is 1. The molecule has 3 rings (SSSR count). The van der Waals surface area contributed by atoms with Gasteiger partial charge in [0.15, 0.2) is 0 Å². The van der Waals surface area contributed by atoms with E-state index in [4.69, 9.17) is 9.47 Å². The average molecular weight is 356 g/mol. The van der Waals surface area contributed by atoms with Crippen molar-refractivity contribution in [3.05, 3.63) is 35.7 Å². The first-order chi connectivity index (χ1) is 12.6. The maximum Gasteiger partial charge on any atom is 0.272 e. The highest BCUT2D eigenvalue weighted by atomic mass is 16.5. The smallest absolute Gasteiger partial charge is 0.272 e. The molecule has 0 spiro atoms. The van der Waals surface area contributed by atoms with Crippen molar-refractivity contribution >= 4 is 17.5 Å². The van der Waals surface area contributed by atoms with Crippen LogP contribution in [0, 0.1) is 6.92 Å². The Morgan fingerprint density at radius 1 is 1.08 bits per heavy atom. The number of likely N-dealkylation sites (tertiary alicyclic amines) is 1. The van der Waals surface area contributed by atoms with E-state index in [0.717, 1.165) is 31.6 Å². The summed E-state index contributed by atoms with van der Waals surface area (Å²) in [5, 5.41) is 3.14. The maximum atomic E-state index is 12.7. The van der Waals surface area contributed by atoms with Crippen molar-refractivity contribution in [2.45, 2.75) is 26.2 Å². The number of nitrogens with one attached hydrogen (secondary N) is 1. The Balaban J connectivity index is 1.85. The van der Waals surface area contributed by atoms with E-state index >= 15 is 0 Å². The average Bonchev–Trinajstić information content (AvgIpc) is 2.68. The minimum absolute atomic E-state index is 0.0417. The van der Waals surface area contributed by atoms with Gasteiger partial charge in [0.25, 0.3) is 5.91 Å². The molecule has 1 aliphatic heterocycles. The lowest BCUT2D eigenvalue weighted by atomic mass is 10.1. The molecule has 0 bridgehead atoms. The molecule has 26 heavy (non-hydrogen) atoms. The Hall–Kier alpha value is -2.83. The monoisotopic (exact) mass is 356 g/mol. The molecule has 1 aromatic heterocycles. The highest BCUT2D eigenvalue weighted by Gasteiger charge is 2.20. The van der Waals surface area contributed by atoms with Crippen LogP contribution in [0.3, 0.4) is 0 Å². The molecule has 0 atom stereocenters. The molecule has 1 saturated heterocycles. The second kappa shape index (κ2) is 8.03. The number of piperidine rings is 1. The van der Waals surface area contributed by atoms with Crippen LogP contribution >= 0.6 is 0 Å². The molecule has 1 fully saturated rings. The van der Waals surface area contributed by atoms with E-state index in [1.54, 1.807) is 26.4 Å². The van der Waals surface area contributed by atoms with Gasteiger partial charge in [0.1, 0.15) is 17.2 Å². The van der Waals surface area contributed by atoms with Crippen LogP contribution in [-0.4, -0.2) is 48.1 Å². The number of carbonyl (C=O) groups excluding carboxylic acids is 1. The third-order valence-corrected chi connectivity index (χ3v) is 4.37. The molecule has 1 aromatic carbocycles. The Bertz CT molecular complexity index is 788. The van der Waals surface area contributed by atoms with Gasteiger partial charge in [-0.05, 0) is 44.4 Å². The molecule has 0 unspecified atom stereocenters. The summed E-state index contributed by atoms with van der Waals surface area (Å²) in [4.78, 5) is 23.4. The fourth-order valence-electron chi connectivity index (χ4n) is 3.02. The molecular weight excluding hydrogens is 332 g/mol. The molecule has 2 heterocycles. The van der Waals surface area contributed by atoms with Gasteiger partial charge >= 0.3 is 0 Å². The van der Waals surface area contributed by atoms with Crippen molar-refractivity contribution in [2.24, 2.45) is 0 Å². The zero-order chi connectivity index (χ0) is 18.5. The second-order valence-electron chi connectivity index (χ2n) is 6.26. The number of methoxy groups -OCH3 is 2. The van der Waals surface area contributed by atoms with Gasteiger partial charge in [0.05, 0.1) is 19.9 Å². The summed E-state index contributed by atoms with van der Waals surface area (Å²) in [7, 11) is 3.19. The van der Waals surface area contributed by atoms with Gasteiger partial charge in [0.2, 0.25) is 5.95 Å². The van der Waals surface area contributed by atoms with Crippen LogP contribution in [0.15, 0.2) is 24.3 Å². The summed E-state index contributed by atoms with van der Waals surface area (Å²) in [6.45, 7) is 3.43. The molecule has 1 N–H and O–H groups in total. The molecule has 138 valence electrons. The molecule has 2 aromatic rings. The molecule has 1 amide bonds. The molecule has 7 heteroatoms. The number of hydrogen-bond donors (Lipinski definition) is 1. The van der Waals surface area contributed by atoms with Gasteiger partial charge in [0, 0.05) is 24.8 Å². The molecule has 0 radical (unpaired) electrons. The van der Waals surface area contributed by atoms with Crippen molar-refractivity contribution in [3.63, 3.8) is 0 Å². The fraction of sp³-hybridized carbons (Fsp3) is 0.421. The lowest BCUT2D eigenvalue weighted by Crippen LogP contribution is -2.36. The summed E-state index contributed by atoms with van der Waals surface area (Å²) in [6, 6.07) is 7.15. The zero-order valence-corrected chi connectivity index (χ0v) is 15.4. The van der Waals surface area contributed by atoms with Gasteiger partial charge < -0.3 is 19.7 Å². The summed E-state index contributed by atoms with van der Waals surface area (Å²) >= 11 is 0. The van der Waals surface area contributed by atoms with E-state index in [2.05, 4.69) is 15.3 Å². The normalized spacial score (nSPS) is 14.0. The highest BCUT2D eigenvalue weighted by molar-refractivity contribution is 5.92.